The highest BCUT2D eigenvalue weighted by molar-refractivity contribution is 7.33. The average Bonchev–Trinajstić information content (AvgIpc) is 2.12. The normalized spacial score (nSPS) is 15.5. The van der Waals surface area contributed by atoms with Gasteiger partial charge in [0.1, 0.15) is 17.2 Å². The number of rotatable bonds is 6. The van der Waals surface area contributed by atoms with E-state index in [0.717, 1.165) is 18.2 Å². The van der Waals surface area contributed by atoms with Gasteiger partial charge in [0.15, 0.2) is 0 Å². The molecule has 1 aromatic rings. The Balaban J connectivity index is 3.06. The second kappa shape index (κ2) is 6.95. The molecule has 0 radical (unpaired) electrons. The van der Waals surface area contributed by atoms with Gasteiger partial charge in [-0.05, 0) is 0 Å². The highest BCUT2D eigenvalue weighted by Crippen LogP contribution is 2.37. The fourth-order valence-corrected chi connectivity index (χ4v) is 1.98. The van der Waals surface area contributed by atoms with Gasteiger partial charge in [-0.1, -0.05) is 0 Å². The molecular formula is C6H9O9P3. The fourth-order valence-electron chi connectivity index (χ4n) is 1.02. The van der Waals surface area contributed by atoms with Crippen molar-refractivity contribution in [2.24, 2.45) is 0 Å². The topological polar surface area (TPSA) is 140 Å². The Labute approximate surface area is 103 Å². The summed E-state index contributed by atoms with van der Waals surface area (Å²) in [6.07, 6.45) is 0. The van der Waals surface area contributed by atoms with Gasteiger partial charge in [0.05, 0.1) is 0 Å². The Kier molecular flexibility index (Phi) is 5.88. The molecule has 0 fully saturated rings. The molecule has 3 unspecified atom stereocenters. The summed E-state index contributed by atoms with van der Waals surface area (Å²) in [5.41, 5.74) is 0. The second-order valence-electron chi connectivity index (χ2n) is 2.74. The lowest BCUT2D eigenvalue weighted by atomic mass is 10.3. The van der Waals surface area contributed by atoms with Gasteiger partial charge in [-0.2, -0.15) is 0 Å². The van der Waals surface area contributed by atoms with Crippen molar-refractivity contribution in [1.29, 1.82) is 0 Å². The molecule has 0 amide bonds. The minimum atomic E-state index is -3.30. The van der Waals surface area contributed by atoms with Gasteiger partial charge in [0.2, 0.25) is 0 Å². The van der Waals surface area contributed by atoms with Crippen molar-refractivity contribution < 1.29 is 41.9 Å². The van der Waals surface area contributed by atoms with Crippen LogP contribution in [-0.2, 0) is 13.7 Å². The Bertz CT molecular complexity index is 417. The van der Waals surface area contributed by atoms with E-state index in [-0.39, 0.29) is 17.2 Å². The lowest BCUT2D eigenvalue weighted by molar-refractivity contribution is 0.398. The molecule has 0 spiro atoms. The highest BCUT2D eigenvalue weighted by atomic mass is 31.1. The SMILES string of the molecule is O=[PH](O)Oc1cc(O[PH](=O)O)cc(O[PH](=O)O)c1. The summed E-state index contributed by atoms with van der Waals surface area (Å²) in [7, 11) is -9.91. The van der Waals surface area contributed by atoms with Crippen molar-refractivity contribution >= 4 is 24.8 Å². The summed E-state index contributed by atoms with van der Waals surface area (Å²) in [6.45, 7) is 0. The maximum atomic E-state index is 10.5. The Morgan fingerprint density at radius 2 is 0.889 bits per heavy atom. The number of hydrogen-bond acceptors (Lipinski definition) is 6. The average molecular weight is 318 g/mol. The van der Waals surface area contributed by atoms with E-state index in [1.165, 1.54) is 0 Å². The van der Waals surface area contributed by atoms with Gasteiger partial charge in [-0.25, -0.2) is 13.7 Å². The molecule has 102 valence electrons. The zero-order valence-corrected chi connectivity index (χ0v) is 11.5. The first-order valence-electron chi connectivity index (χ1n) is 4.24. The van der Waals surface area contributed by atoms with Crippen molar-refractivity contribution in [2.45, 2.75) is 0 Å². The van der Waals surface area contributed by atoms with Crippen LogP contribution in [0.1, 0.15) is 0 Å². The zero-order chi connectivity index (χ0) is 13.7. The molecule has 1 rings (SSSR count). The van der Waals surface area contributed by atoms with Crippen LogP contribution in [-0.4, -0.2) is 14.7 Å². The third-order valence-corrected chi connectivity index (χ3v) is 2.70. The Morgan fingerprint density at radius 1 is 0.667 bits per heavy atom. The van der Waals surface area contributed by atoms with E-state index < -0.39 is 24.8 Å². The summed E-state index contributed by atoms with van der Waals surface area (Å²) in [4.78, 5) is 25.8. The first-order valence-corrected chi connectivity index (χ1v) is 8.03. The van der Waals surface area contributed by atoms with Crippen LogP contribution in [0.5, 0.6) is 17.2 Å². The minimum absolute atomic E-state index is 0.208. The lowest BCUT2D eigenvalue weighted by Gasteiger charge is -2.09. The van der Waals surface area contributed by atoms with E-state index in [1.54, 1.807) is 0 Å². The second-order valence-corrected chi connectivity index (χ2v) is 4.95. The summed E-state index contributed by atoms with van der Waals surface area (Å²) in [5, 5.41) is 0. The fraction of sp³-hybridized carbons (Fsp3) is 0. The van der Waals surface area contributed by atoms with Crippen LogP contribution in [0.25, 0.3) is 0 Å². The number of hydrogen-bond donors (Lipinski definition) is 3. The van der Waals surface area contributed by atoms with Gasteiger partial charge in [0.25, 0.3) is 0 Å². The van der Waals surface area contributed by atoms with Gasteiger partial charge in [0, 0.05) is 18.2 Å². The van der Waals surface area contributed by atoms with Crippen molar-refractivity contribution in [3.05, 3.63) is 18.2 Å². The third-order valence-electron chi connectivity index (χ3n) is 1.47. The summed E-state index contributed by atoms with van der Waals surface area (Å²) < 4.78 is 44.9. The van der Waals surface area contributed by atoms with Crippen molar-refractivity contribution in [2.75, 3.05) is 0 Å². The van der Waals surface area contributed by atoms with Gasteiger partial charge in [-0.15, -0.1) is 0 Å². The molecule has 0 aromatic heterocycles. The van der Waals surface area contributed by atoms with E-state index in [9.17, 15) is 13.7 Å². The van der Waals surface area contributed by atoms with Crippen LogP contribution in [0, 0.1) is 0 Å². The van der Waals surface area contributed by atoms with E-state index in [2.05, 4.69) is 13.6 Å². The van der Waals surface area contributed by atoms with Crippen LogP contribution in [0.4, 0.5) is 0 Å². The summed E-state index contributed by atoms with van der Waals surface area (Å²) in [5.74, 6) is -0.624. The molecule has 3 N–H and O–H groups in total. The Hall–Kier alpha value is -0.810. The zero-order valence-electron chi connectivity index (χ0n) is 8.52. The lowest BCUT2D eigenvalue weighted by Crippen LogP contribution is -1.87. The first kappa shape index (κ1) is 15.2. The maximum absolute atomic E-state index is 10.5. The maximum Gasteiger partial charge on any atom is 0.365 e. The van der Waals surface area contributed by atoms with Crippen molar-refractivity contribution in [3.63, 3.8) is 0 Å². The smallest absolute Gasteiger partial charge is 0.365 e. The standard InChI is InChI=1S/C6H9O9P3/c7-16(8)13-4-1-5(14-17(9)10)3-6(2-4)15-18(11)12/h1-3,16-18H,(H,7,8)(H,9,10)(H,11,12). The minimum Gasteiger partial charge on any atom is -0.426 e. The monoisotopic (exact) mass is 318 g/mol. The van der Waals surface area contributed by atoms with E-state index in [1.807, 2.05) is 0 Å². The largest absolute Gasteiger partial charge is 0.426 e. The molecule has 1 aromatic carbocycles. The highest BCUT2D eigenvalue weighted by Gasteiger charge is 2.08. The predicted octanol–water partition coefficient (Wildman–Crippen LogP) is 0.969. The van der Waals surface area contributed by atoms with Gasteiger partial charge in [-0.3, -0.25) is 0 Å². The molecule has 0 aliphatic rings. The number of benzene rings is 1. The van der Waals surface area contributed by atoms with Crippen LogP contribution in [0.3, 0.4) is 0 Å². The molecule has 3 atom stereocenters. The summed E-state index contributed by atoms with van der Waals surface area (Å²) in [6, 6.07) is 3.16. The molecule has 18 heavy (non-hydrogen) atoms. The molecule has 0 saturated carbocycles. The first-order chi connectivity index (χ1) is 8.36. The van der Waals surface area contributed by atoms with Crippen LogP contribution < -0.4 is 13.6 Å². The third kappa shape index (κ3) is 5.69. The van der Waals surface area contributed by atoms with Crippen molar-refractivity contribution in [3.8, 4) is 17.2 Å². The van der Waals surface area contributed by atoms with Crippen molar-refractivity contribution in [1.82, 2.24) is 0 Å². The van der Waals surface area contributed by atoms with E-state index in [0.29, 0.717) is 0 Å². The van der Waals surface area contributed by atoms with E-state index >= 15 is 0 Å². The molecule has 0 aliphatic carbocycles. The molecule has 0 aliphatic heterocycles. The predicted molar refractivity (Wildman–Crippen MR) is 62.0 cm³/mol. The van der Waals surface area contributed by atoms with E-state index in [4.69, 9.17) is 14.7 Å². The van der Waals surface area contributed by atoms with Gasteiger partial charge < -0.3 is 28.3 Å². The van der Waals surface area contributed by atoms with Gasteiger partial charge >= 0.3 is 24.8 Å². The summed E-state index contributed by atoms with van der Waals surface area (Å²) >= 11 is 0. The molecule has 0 heterocycles. The van der Waals surface area contributed by atoms with Crippen LogP contribution in [0.15, 0.2) is 18.2 Å². The Morgan fingerprint density at radius 3 is 1.06 bits per heavy atom. The molecular weight excluding hydrogens is 309 g/mol. The van der Waals surface area contributed by atoms with Crippen LogP contribution in [0.2, 0.25) is 0 Å². The molecule has 0 bridgehead atoms. The van der Waals surface area contributed by atoms with Crippen LogP contribution >= 0.6 is 24.8 Å². The molecule has 0 saturated heterocycles. The molecule has 12 heteroatoms. The molecule has 9 nitrogen and oxygen atoms in total. The quantitative estimate of drug-likeness (QED) is 0.654.